The number of anilines is 2. The van der Waals surface area contributed by atoms with Crippen LogP contribution in [0.4, 0.5) is 24.7 Å². The summed E-state index contributed by atoms with van der Waals surface area (Å²) in [6.45, 7) is 0.0852. The van der Waals surface area contributed by atoms with Gasteiger partial charge in [-0.1, -0.05) is 18.2 Å². The molecule has 3 aromatic rings. The second-order valence-corrected chi connectivity index (χ2v) is 7.06. The van der Waals surface area contributed by atoms with Crippen LogP contribution < -0.4 is 10.2 Å². The van der Waals surface area contributed by atoms with Crippen LogP contribution in [-0.4, -0.2) is 54.4 Å². The number of halogens is 3. The zero-order chi connectivity index (χ0) is 23.5. The van der Waals surface area contributed by atoms with E-state index in [-0.39, 0.29) is 24.0 Å². The lowest BCUT2D eigenvalue weighted by atomic mass is 10.2. The summed E-state index contributed by atoms with van der Waals surface area (Å²) in [6, 6.07) is 11.0. The fourth-order valence-electron chi connectivity index (χ4n) is 2.67. The summed E-state index contributed by atoms with van der Waals surface area (Å²) in [4.78, 5) is 35.3. The molecule has 0 aliphatic heterocycles. The van der Waals surface area contributed by atoms with Crippen LogP contribution in [0, 0.1) is 0 Å². The van der Waals surface area contributed by atoms with Crippen LogP contribution in [0.2, 0.25) is 0 Å². The van der Waals surface area contributed by atoms with Crippen LogP contribution >= 0.6 is 0 Å². The Kier molecular flexibility index (Phi) is 6.47. The third-order valence-electron chi connectivity index (χ3n) is 4.39. The van der Waals surface area contributed by atoms with Crippen molar-refractivity contribution in [3.63, 3.8) is 0 Å². The van der Waals surface area contributed by atoms with E-state index in [9.17, 15) is 22.8 Å². The van der Waals surface area contributed by atoms with Crippen molar-refractivity contribution in [3.05, 3.63) is 60.1 Å². The van der Waals surface area contributed by atoms with Crippen molar-refractivity contribution in [1.82, 2.24) is 14.9 Å². The van der Waals surface area contributed by atoms with E-state index in [4.69, 9.17) is 4.42 Å². The average Bonchev–Trinajstić information content (AvgIpc) is 3.21. The fourth-order valence-corrected chi connectivity index (χ4v) is 2.67. The van der Waals surface area contributed by atoms with Crippen molar-refractivity contribution >= 4 is 23.3 Å². The molecule has 0 saturated carbocycles. The summed E-state index contributed by atoms with van der Waals surface area (Å²) in [6.07, 6.45) is -3.63. The number of oxazole rings is 1. The molecule has 1 aromatic carbocycles. The molecule has 2 aromatic heterocycles. The molecule has 3 rings (SSSR count). The molecule has 0 aliphatic rings. The summed E-state index contributed by atoms with van der Waals surface area (Å²) in [5.74, 6) is -2.58. The van der Waals surface area contributed by atoms with Gasteiger partial charge in [0.2, 0.25) is 17.6 Å². The molecular weight excluding hydrogens is 427 g/mol. The second kappa shape index (κ2) is 9.08. The molecule has 32 heavy (non-hydrogen) atoms. The number of benzene rings is 1. The summed E-state index contributed by atoms with van der Waals surface area (Å²) in [7, 11) is 4.92. The molecule has 0 spiro atoms. The van der Waals surface area contributed by atoms with Gasteiger partial charge in [0, 0.05) is 26.7 Å². The standard InChI is InChI=1S/C21H20F3N5O3/c1-28(2)16(30)12-29(3)15-10-9-14(11-25-15)26-19(31)17-18(21(22,23)24)32-20(27-17)13-7-5-4-6-8-13/h4-11H,12H2,1-3H3,(H,26,31). The van der Waals surface area contributed by atoms with Gasteiger partial charge in [0.25, 0.3) is 5.91 Å². The molecule has 1 N–H and O–H groups in total. The Labute approximate surface area is 181 Å². The minimum atomic E-state index is -4.91. The first-order chi connectivity index (χ1) is 15.1. The minimum absolute atomic E-state index is 0.0852. The molecule has 11 heteroatoms. The first-order valence-electron chi connectivity index (χ1n) is 9.38. The molecule has 0 bridgehead atoms. The molecule has 0 aliphatic carbocycles. The first kappa shape index (κ1) is 22.8. The Hall–Kier alpha value is -3.89. The van der Waals surface area contributed by atoms with E-state index >= 15 is 0 Å². The quantitative estimate of drug-likeness (QED) is 0.622. The Morgan fingerprint density at radius 1 is 1.06 bits per heavy atom. The zero-order valence-corrected chi connectivity index (χ0v) is 17.5. The molecule has 0 radical (unpaired) electrons. The third kappa shape index (κ3) is 5.23. The number of amides is 2. The number of alkyl halides is 3. The summed E-state index contributed by atoms with van der Waals surface area (Å²) >= 11 is 0. The maximum atomic E-state index is 13.4. The zero-order valence-electron chi connectivity index (χ0n) is 17.5. The van der Waals surface area contributed by atoms with Gasteiger partial charge in [-0.15, -0.1) is 0 Å². The Bertz CT molecular complexity index is 1100. The molecule has 2 amide bonds. The number of aromatic nitrogens is 2. The highest BCUT2D eigenvalue weighted by Crippen LogP contribution is 2.35. The molecule has 0 saturated heterocycles. The number of likely N-dealkylation sites (N-methyl/N-ethyl adjacent to an activating group) is 2. The van der Waals surface area contributed by atoms with E-state index in [0.717, 1.165) is 0 Å². The number of carbonyl (C=O) groups excluding carboxylic acids is 2. The van der Waals surface area contributed by atoms with Crippen LogP contribution in [0.1, 0.15) is 16.2 Å². The number of nitrogens with one attached hydrogen (secondary N) is 1. The SMILES string of the molecule is CN(C)C(=O)CN(C)c1ccc(NC(=O)c2nc(-c3ccccc3)oc2C(F)(F)F)cn1. The van der Waals surface area contributed by atoms with Crippen LogP contribution in [0.15, 0.2) is 53.1 Å². The lowest BCUT2D eigenvalue weighted by Gasteiger charge is -2.20. The van der Waals surface area contributed by atoms with Gasteiger partial charge in [-0.05, 0) is 24.3 Å². The van der Waals surface area contributed by atoms with Crippen LogP contribution in [0.5, 0.6) is 0 Å². The van der Waals surface area contributed by atoms with Gasteiger partial charge in [0.05, 0.1) is 18.4 Å². The number of hydrogen-bond donors (Lipinski definition) is 1. The molecule has 2 heterocycles. The highest BCUT2D eigenvalue weighted by molar-refractivity contribution is 6.04. The highest BCUT2D eigenvalue weighted by atomic mass is 19.4. The van der Waals surface area contributed by atoms with E-state index < -0.39 is 23.5 Å². The van der Waals surface area contributed by atoms with E-state index in [0.29, 0.717) is 11.4 Å². The summed E-state index contributed by atoms with van der Waals surface area (Å²) < 4.78 is 45.1. The number of nitrogens with zero attached hydrogens (tertiary/aromatic N) is 4. The number of rotatable bonds is 6. The van der Waals surface area contributed by atoms with Crippen molar-refractivity contribution in [2.45, 2.75) is 6.18 Å². The fraction of sp³-hybridized carbons (Fsp3) is 0.238. The van der Waals surface area contributed by atoms with Crippen molar-refractivity contribution in [1.29, 1.82) is 0 Å². The predicted octanol–water partition coefficient (Wildman–Crippen LogP) is 3.53. The monoisotopic (exact) mass is 447 g/mol. The van der Waals surface area contributed by atoms with E-state index in [1.165, 1.54) is 35.4 Å². The van der Waals surface area contributed by atoms with E-state index in [1.54, 1.807) is 44.2 Å². The minimum Gasteiger partial charge on any atom is -0.431 e. The van der Waals surface area contributed by atoms with Gasteiger partial charge in [0.1, 0.15) is 5.82 Å². The maximum Gasteiger partial charge on any atom is 0.452 e. The van der Waals surface area contributed by atoms with Gasteiger partial charge in [-0.2, -0.15) is 13.2 Å². The van der Waals surface area contributed by atoms with Gasteiger partial charge < -0.3 is 19.5 Å². The third-order valence-corrected chi connectivity index (χ3v) is 4.39. The molecule has 0 fully saturated rings. The maximum absolute atomic E-state index is 13.4. The normalized spacial score (nSPS) is 11.2. The van der Waals surface area contributed by atoms with Crippen molar-refractivity contribution in [2.24, 2.45) is 0 Å². The number of carbonyl (C=O) groups is 2. The number of pyridine rings is 1. The van der Waals surface area contributed by atoms with Gasteiger partial charge in [-0.25, -0.2) is 9.97 Å². The summed E-state index contributed by atoms with van der Waals surface area (Å²) in [5, 5.41) is 2.34. The van der Waals surface area contributed by atoms with Crippen molar-refractivity contribution < 1.29 is 27.2 Å². The largest absolute Gasteiger partial charge is 0.452 e. The van der Waals surface area contributed by atoms with Crippen molar-refractivity contribution in [2.75, 3.05) is 37.9 Å². The van der Waals surface area contributed by atoms with Crippen LogP contribution in [0.3, 0.4) is 0 Å². The van der Waals surface area contributed by atoms with Gasteiger partial charge in [0.15, 0.2) is 5.69 Å². The van der Waals surface area contributed by atoms with Gasteiger partial charge >= 0.3 is 6.18 Å². The predicted molar refractivity (Wildman–Crippen MR) is 111 cm³/mol. The summed E-state index contributed by atoms with van der Waals surface area (Å²) in [5.41, 5.74) is -0.420. The first-order valence-corrected chi connectivity index (χ1v) is 9.38. The second-order valence-electron chi connectivity index (χ2n) is 7.06. The molecule has 0 atom stereocenters. The van der Waals surface area contributed by atoms with Crippen LogP contribution in [-0.2, 0) is 11.0 Å². The highest BCUT2D eigenvalue weighted by Gasteiger charge is 2.42. The Morgan fingerprint density at radius 2 is 1.75 bits per heavy atom. The van der Waals surface area contributed by atoms with E-state index in [2.05, 4.69) is 15.3 Å². The molecule has 168 valence electrons. The molecule has 0 unspecified atom stereocenters. The lowest BCUT2D eigenvalue weighted by Crippen LogP contribution is -2.34. The van der Waals surface area contributed by atoms with E-state index in [1.807, 2.05) is 0 Å². The van der Waals surface area contributed by atoms with Crippen LogP contribution in [0.25, 0.3) is 11.5 Å². The topological polar surface area (TPSA) is 91.6 Å². The Morgan fingerprint density at radius 3 is 2.31 bits per heavy atom. The Balaban J connectivity index is 1.79. The molecule has 8 nitrogen and oxygen atoms in total. The smallest absolute Gasteiger partial charge is 0.431 e. The van der Waals surface area contributed by atoms with Gasteiger partial charge in [-0.3, -0.25) is 9.59 Å². The average molecular weight is 447 g/mol. The molecular formula is C21H20F3N5O3. The lowest BCUT2D eigenvalue weighted by molar-refractivity contribution is -0.153. The van der Waals surface area contributed by atoms with Crippen molar-refractivity contribution in [3.8, 4) is 11.5 Å². The number of hydrogen-bond acceptors (Lipinski definition) is 6.